The van der Waals surface area contributed by atoms with Crippen molar-refractivity contribution in [2.45, 2.75) is 6.61 Å². The van der Waals surface area contributed by atoms with E-state index in [1.807, 2.05) is 24.3 Å². The molecule has 0 aliphatic heterocycles. The number of nitrogens with one attached hydrogen (secondary N) is 2. The number of amides is 1. The summed E-state index contributed by atoms with van der Waals surface area (Å²) in [5, 5.41) is 2.85. The fourth-order valence-electron chi connectivity index (χ4n) is 1.83. The largest absolute Gasteiger partial charge is 0.380 e. The van der Waals surface area contributed by atoms with Crippen molar-refractivity contribution in [1.82, 2.24) is 0 Å². The van der Waals surface area contributed by atoms with Crippen molar-refractivity contribution >= 4 is 17.3 Å². The van der Waals surface area contributed by atoms with Crippen LogP contribution in [0.25, 0.3) is 0 Å². The van der Waals surface area contributed by atoms with Crippen LogP contribution in [0, 0.1) is 0 Å². The van der Waals surface area contributed by atoms with E-state index in [-0.39, 0.29) is 5.91 Å². The minimum Gasteiger partial charge on any atom is -0.380 e. The zero-order valence-electron chi connectivity index (χ0n) is 11.2. The molecule has 1 amide bonds. The van der Waals surface area contributed by atoms with E-state index in [2.05, 4.69) is 10.7 Å². The summed E-state index contributed by atoms with van der Waals surface area (Å²) in [6.45, 7) is 0.514. The van der Waals surface area contributed by atoms with Crippen molar-refractivity contribution in [3.05, 3.63) is 59.7 Å². The Bertz CT molecular complexity index is 582. The first-order chi connectivity index (χ1) is 9.72. The van der Waals surface area contributed by atoms with Gasteiger partial charge in [-0.1, -0.05) is 12.1 Å². The summed E-state index contributed by atoms with van der Waals surface area (Å²) in [7, 11) is 1.64. The van der Waals surface area contributed by atoms with E-state index >= 15 is 0 Å². The molecular weight excluding hydrogens is 254 g/mol. The molecule has 104 valence electrons. The average molecular weight is 271 g/mol. The number of nitrogen functional groups attached to an aromatic ring is 1. The van der Waals surface area contributed by atoms with Gasteiger partial charge in [-0.25, -0.2) is 0 Å². The lowest BCUT2D eigenvalue weighted by Crippen LogP contribution is -2.12. The number of hydrogen-bond donors (Lipinski definition) is 3. The summed E-state index contributed by atoms with van der Waals surface area (Å²) < 4.78 is 5.07. The predicted octanol–water partition coefficient (Wildman–Crippen LogP) is 2.37. The molecule has 5 heteroatoms. The van der Waals surface area contributed by atoms with Crippen LogP contribution in [0.3, 0.4) is 0 Å². The fraction of sp³-hybridized carbons (Fsp3) is 0.133. The summed E-state index contributed by atoms with van der Waals surface area (Å²) in [6.07, 6.45) is 0. The number of rotatable bonds is 5. The Kier molecular flexibility index (Phi) is 4.70. The van der Waals surface area contributed by atoms with Crippen molar-refractivity contribution in [3.8, 4) is 0 Å². The number of carbonyl (C=O) groups is 1. The molecule has 0 aliphatic rings. The highest BCUT2D eigenvalue weighted by molar-refractivity contribution is 6.04. The molecule has 0 aromatic heterocycles. The Morgan fingerprint density at radius 3 is 2.55 bits per heavy atom. The SMILES string of the molecule is COCc1cccc(NC(=O)c2ccc(NN)cc2)c1. The van der Waals surface area contributed by atoms with Gasteiger partial charge in [0.2, 0.25) is 0 Å². The number of hydrazine groups is 1. The molecule has 5 nitrogen and oxygen atoms in total. The van der Waals surface area contributed by atoms with Gasteiger partial charge < -0.3 is 15.5 Å². The van der Waals surface area contributed by atoms with Crippen LogP contribution < -0.4 is 16.6 Å². The highest BCUT2D eigenvalue weighted by Gasteiger charge is 2.06. The van der Waals surface area contributed by atoms with E-state index in [0.29, 0.717) is 12.2 Å². The fourth-order valence-corrected chi connectivity index (χ4v) is 1.83. The maximum atomic E-state index is 12.1. The van der Waals surface area contributed by atoms with Crippen LogP contribution in [-0.2, 0) is 11.3 Å². The first kappa shape index (κ1) is 14.0. The summed E-state index contributed by atoms with van der Waals surface area (Å²) in [5.74, 6) is 5.12. The molecule has 4 N–H and O–H groups in total. The van der Waals surface area contributed by atoms with Crippen LogP contribution >= 0.6 is 0 Å². The molecular formula is C15H17N3O2. The molecule has 0 spiro atoms. The number of anilines is 2. The van der Waals surface area contributed by atoms with Crippen LogP contribution in [0.4, 0.5) is 11.4 Å². The normalized spacial score (nSPS) is 10.1. The number of nitrogens with two attached hydrogens (primary N) is 1. The molecule has 0 radical (unpaired) electrons. The Hall–Kier alpha value is -2.37. The number of ether oxygens (including phenoxy) is 1. The Balaban J connectivity index is 2.08. The number of carbonyl (C=O) groups excluding carboxylic acids is 1. The quantitative estimate of drug-likeness (QED) is 0.576. The van der Waals surface area contributed by atoms with Gasteiger partial charge in [0.15, 0.2) is 0 Å². The van der Waals surface area contributed by atoms with Crippen molar-refractivity contribution in [2.75, 3.05) is 17.9 Å². The van der Waals surface area contributed by atoms with Gasteiger partial charge in [-0.3, -0.25) is 10.6 Å². The third-order valence-corrected chi connectivity index (χ3v) is 2.81. The number of benzene rings is 2. The van der Waals surface area contributed by atoms with Crippen molar-refractivity contribution in [1.29, 1.82) is 0 Å². The minimum absolute atomic E-state index is 0.164. The lowest BCUT2D eigenvalue weighted by atomic mass is 10.1. The molecule has 0 aliphatic carbocycles. The van der Waals surface area contributed by atoms with Crippen LogP contribution in [0.5, 0.6) is 0 Å². The average Bonchev–Trinajstić information content (AvgIpc) is 2.48. The molecule has 0 saturated carbocycles. The summed E-state index contributed by atoms with van der Waals surface area (Å²) in [5.41, 5.74) is 5.59. The van der Waals surface area contributed by atoms with E-state index in [0.717, 1.165) is 16.9 Å². The zero-order valence-corrected chi connectivity index (χ0v) is 11.2. The van der Waals surface area contributed by atoms with Gasteiger partial charge in [0.05, 0.1) is 6.61 Å². The minimum atomic E-state index is -0.164. The highest BCUT2D eigenvalue weighted by Crippen LogP contribution is 2.14. The number of hydrogen-bond acceptors (Lipinski definition) is 4. The van der Waals surface area contributed by atoms with Gasteiger partial charge in [-0.05, 0) is 42.0 Å². The monoisotopic (exact) mass is 271 g/mol. The number of methoxy groups -OCH3 is 1. The summed E-state index contributed by atoms with van der Waals surface area (Å²) >= 11 is 0. The van der Waals surface area contributed by atoms with E-state index in [1.165, 1.54) is 0 Å². The first-order valence-corrected chi connectivity index (χ1v) is 6.19. The Morgan fingerprint density at radius 1 is 1.15 bits per heavy atom. The summed E-state index contributed by atoms with van der Waals surface area (Å²) in [6, 6.07) is 14.5. The highest BCUT2D eigenvalue weighted by atomic mass is 16.5. The molecule has 2 aromatic rings. The van der Waals surface area contributed by atoms with Gasteiger partial charge in [0.25, 0.3) is 5.91 Å². The second-order valence-electron chi connectivity index (χ2n) is 4.31. The van der Waals surface area contributed by atoms with Gasteiger partial charge in [-0.2, -0.15) is 0 Å². The van der Waals surface area contributed by atoms with Crippen LogP contribution in [0.2, 0.25) is 0 Å². The van der Waals surface area contributed by atoms with Crippen molar-refractivity contribution < 1.29 is 9.53 Å². The Morgan fingerprint density at radius 2 is 1.90 bits per heavy atom. The van der Waals surface area contributed by atoms with Gasteiger partial charge in [0, 0.05) is 24.0 Å². The van der Waals surface area contributed by atoms with Crippen molar-refractivity contribution in [2.24, 2.45) is 5.84 Å². The molecule has 0 saturated heterocycles. The lowest BCUT2D eigenvalue weighted by molar-refractivity contribution is 0.102. The van der Waals surface area contributed by atoms with Gasteiger partial charge in [-0.15, -0.1) is 0 Å². The van der Waals surface area contributed by atoms with E-state index in [9.17, 15) is 4.79 Å². The topological polar surface area (TPSA) is 76.4 Å². The van der Waals surface area contributed by atoms with Crippen LogP contribution in [-0.4, -0.2) is 13.0 Å². The molecule has 0 unspecified atom stereocenters. The third-order valence-electron chi connectivity index (χ3n) is 2.81. The second kappa shape index (κ2) is 6.70. The van der Waals surface area contributed by atoms with Crippen molar-refractivity contribution in [3.63, 3.8) is 0 Å². The molecule has 2 rings (SSSR count). The van der Waals surface area contributed by atoms with E-state index in [1.54, 1.807) is 31.4 Å². The van der Waals surface area contributed by atoms with E-state index < -0.39 is 0 Å². The molecule has 20 heavy (non-hydrogen) atoms. The molecule has 2 aromatic carbocycles. The maximum absolute atomic E-state index is 12.1. The van der Waals surface area contributed by atoms with Crippen LogP contribution in [0.1, 0.15) is 15.9 Å². The first-order valence-electron chi connectivity index (χ1n) is 6.19. The van der Waals surface area contributed by atoms with Gasteiger partial charge >= 0.3 is 0 Å². The second-order valence-corrected chi connectivity index (χ2v) is 4.31. The van der Waals surface area contributed by atoms with E-state index in [4.69, 9.17) is 10.6 Å². The molecule has 0 fully saturated rings. The summed E-state index contributed by atoms with van der Waals surface area (Å²) in [4.78, 5) is 12.1. The van der Waals surface area contributed by atoms with Gasteiger partial charge in [0.1, 0.15) is 0 Å². The zero-order chi connectivity index (χ0) is 14.4. The molecule has 0 bridgehead atoms. The molecule has 0 atom stereocenters. The molecule has 0 heterocycles. The maximum Gasteiger partial charge on any atom is 0.255 e. The smallest absolute Gasteiger partial charge is 0.255 e. The third kappa shape index (κ3) is 3.57. The van der Waals surface area contributed by atoms with Crippen LogP contribution in [0.15, 0.2) is 48.5 Å². The predicted molar refractivity (Wildman–Crippen MR) is 79.4 cm³/mol. The lowest BCUT2D eigenvalue weighted by Gasteiger charge is -2.08. The Labute approximate surface area is 117 Å². The standard InChI is InChI=1S/C15H17N3O2/c1-20-10-11-3-2-4-14(9-11)17-15(19)12-5-7-13(18-16)8-6-12/h2-9,18H,10,16H2,1H3,(H,17,19).